The lowest BCUT2D eigenvalue weighted by Gasteiger charge is -2.46. The van der Waals surface area contributed by atoms with Crippen molar-refractivity contribution >= 4 is 70.5 Å². The maximum atomic E-state index is 6.47. The quantitative estimate of drug-likeness (QED) is 0.176. The van der Waals surface area contributed by atoms with E-state index in [-0.39, 0.29) is 5.41 Å². The molecule has 288 valence electrons. The van der Waals surface area contributed by atoms with Crippen molar-refractivity contribution in [2.24, 2.45) is 0 Å². The smallest absolute Gasteiger partial charge is 0.137 e. The van der Waals surface area contributed by atoms with Gasteiger partial charge in [-0.15, -0.1) is 11.3 Å². The highest BCUT2D eigenvalue weighted by molar-refractivity contribution is 7.26. The van der Waals surface area contributed by atoms with Crippen molar-refractivity contribution in [2.75, 3.05) is 4.90 Å². The van der Waals surface area contributed by atoms with E-state index in [1.54, 1.807) is 0 Å². The van der Waals surface area contributed by atoms with E-state index in [9.17, 15) is 0 Å². The highest BCUT2D eigenvalue weighted by atomic mass is 32.1. The normalized spacial score (nSPS) is 14.3. The second-order valence-corrected chi connectivity index (χ2v) is 18.3. The Morgan fingerprint density at radius 2 is 1.00 bits per heavy atom. The Hall–Kier alpha value is -7.20. The van der Waals surface area contributed by atoms with Gasteiger partial charge in [0.05, 0.1) is 11.1 Å². The molecule has 61 heavy (non-hydrogen) atoms. The zero-order valence-corrected chi connectivity index (χ0v) is 34.6. The molecule has 3 heteroatoms. The van der Waals surface area contributed by atoms with Gasteiger partial charge in [0.15, 0.2) is 0 Å². The summed E-state index contributed by atoms with van der Waals surface area (Å²) in [5.41, 5.74) is 17.8. The SMILES string of the molecule is CC1(C)c2ccccc2C2(c3ccccc3-c3ccc(-c4ccc(N(c5ccc6c(c5)oc5ccccc56)c5cccc6sc7ccccc7c56)cc4)cc32)c2ccccc21. The van der Waals surface area contributed by atoms with E-state index in [0.29, 0.717) is 0 Å². The lowest BCUT2D eigenvalue weighted by molar-refractivity contribution is 0.563. The minimum atomic E-state index is -0.432. The van der Waals surface area contributed by atoms with E-state index in [0.717, 1.165) is 39.0 Å². The second kappa shape index (κ2) is 12.7. The zero-order chi connectivity index (χ0) is 40.5. The van der Waals surface area contributed by atoms with Crippen molar-refractivity contribution in [2.45, 2.75) is 24.7 Å². The van der Waals surface area contributed by atoms with Gasteiger partial charge in [0.2, 0.25) is 0 Å². The Bertz CT molecular complexity index is 3540. The van der Waals surface area contributed by atoms with Gasteiger partial charge in [-0.05, 0) is 110 Å². The van der Waals surface area contributed by atoms with Crippen molar-refractivity contribution in [3.05, 3.63) is 234 Å². The van der Waals surface area contributed by atoms with Gasteiger partial charge in [0.1, 0.15) is 11.2 Å². The molecule has 0 aliphatic heterocycles. The Morgan fingerprint density at radius 1 is 0.410 bits per heavy atom. The van der Waals surface area contributed by atoms with Crippen molar-refractivity contribution < 1.29 is 4.42 Å². The molecule has 0 radical (unpaired) electrons. The largest absolute Gasteiger partial charge is 0.456 e. The molecule has 2 aromatic heterocycles. The fraction of sp³-hybridized carbons (Fsp3) is 0.0690. The Labute approximate surface area is 358 Å². The Kier molecular flexibility index (Phi) is 7.19. The summed E-state index contributed by atoms with van der Waals surface area (Å²) in [7, 11) is 0. The molecule has 9 aromatic carbocycles. The monoisotopic (exact) mass is 797 g/mol. The number of furan rings is 1. The first-order chi connectivity index (χ1) is 30.0. The summed E-state index contributed by atoms with van der Waals surface area (Å²) in [5.74, 6) is 0. The van der Waals surface area contributed by atoms with Crippen LogP contribution in [0.2, 0.25) is 0 Å². The van der Waals surface area contributed by atoms with Crippen LogP contribution in [0.3, 0.4) is 0 Å². The van der Waals surface area contributed by atoms with E-state index in [1.807, 2.05) is 17.4 Å². The van der Waals surface area contributed by atoms with Crippen LogP contribution in [0.25, 0.3) is 64.4 Å². The average Bonchev–Trinajstić information content (AvgIpc) is 3.97. The fourth-order valence-electron chi connectivity index (χ4n) is 11.1. The molecular formula is C58H39NOS. The van der Waals surface area contributed by atoms with Gasteiger partial charge in [0, 0.05) is 53.8 Å². The molecule has 2 aliphatic carbocycles. The summed E-state index contributed by atoms with van der Waals surface area (Å²) in [6.07, 6.45) is 0. The maximum Gasteiger partial charge on any atom is 0.137 e. The molecule has 11 aromatic rings. The second-order valence-electron chi connectivity index (χ2n) is 17.2. The van der Waals surface area contributed by atoms with Crippen molar-refractivity contribution in [1.29, 1.82) is 0 Å². The van der Waals surface area contributed by atoms with E-state index in [4.69, 9.17) is 4.42 Å². The van der Waals surface area contributed by atoms with Crippen LogP contribution in [0.4, 0.5) is 17.1 Å². The molecule has 1 spiro atoms. The number of hydrogen-bond acceptors (Lipinski definition) is 3. The topological polar surface area (TPSA) is 16.4 Å². The van der Waals surface area contributed by atoms with Crippen LogP contribution in [0.5, 0.6) is 0 Å². The first-order valence-corrected chi connectivity index (χ1v) is 22.0. The number of benzene rings is 9. The minimum absolute atomic E-state index is 0.135. The van der Waals surface area contributed by atoms with E-state index in [2.05, 4.69) is 213 Å². The van der Waals surface area contributed by atoms with Crippen LogP contribution in [-0.4, -0.2) is 0 Å². The van der Waals surface area contributed by atoms with Crippen LogP contribution in [0, 0.1) is 0 Å². The highest BCUT2D eigenvalue weighted by Gasteiger charge is 2.53. The molecule has 2 heterocycles. The third-order valence-corrected chi connectivity index (χ3v) is 14.9. The van der Waals surface area contributed by atoms with Gasteiger partial charge >= 0.3 is 0 Å². The summed E-state index contributed by atoms with van der Waals surface area (Å²) in [4.78, 5) is 2.41. The predicted octanol–water partition coefficient (Wildman–Crippen LogP) is 16.1. The molecule has 0 bridgehead atoms. The molecule has 0 unspecified atom stereocenters. The van der Waals surface area contributed by atoms with Gasteiger partial charge in [-0.2, -0.15) is 0 Å². The number of rotatable bonds is 4. The molecule has 2 aliphatic rings. The predicted molar refractivity (Wildman–Crippen MR) is 256 cm³/mol. The third kappa shape index (κ3) is 4.73. The molecule has 13 rings (SSSR count). The van der Waals surface area contributed by atoms with Crippen LogP contribution in [0.15, 0.2) is 205 Å². The standard InChI is InChI=1S/C58H39NOS/c1-57(2)46-18-7-9-20-48(46)58(49-21-10-8-19-47(49)57)45-17-6-3-14-40(45)41-32-28-37(34-50(41)58)36-26-29-38(30-27-36)59(39-31-33-43-42-15-4-11-23-52(42)60-53(43)35-39)51-22-13-25-55-56(51)44-16-5-12-24-54(44)61-55/h3-35H,1-2H3. The van der Waals surface area contributed by atoms with Crippen LogP contribution >= 0.6 is 11.3 Å². The summed E-state index contributed by atoms with van der Waals surface area (Å²) < 4.78 is 9.03. The van der Waals surface area contributed by atoms with E-state index < -0.39 is 5.41 Å². The first kappa shape index (κ1) is 34.6. The maximum absolute atomic E-state index is 6.47. The third-order valence-electron chi connectivity index (χ3n) is 13.8. The van der Waals surface area contributed by atoms with Crippen LogP contribution in [-0.2, 0) is 10.8 Å². The number of thiophene rings is 1. The van der Waals surface area contributed by atoms with E-state index >= 15 is 0 Å². The number of anilines is 3. The summed E-state index contributed by atoms with van der Waals surface area (Å²) >= 11 is 1.85. The Balaban J connectivity index is 0.994. The molecule has 2 nitrogen and oxygen atoms in total. The van der Waals surface area contributed by atoms with Crippen LogP contribution < -0.4 is 4.90 Å². The molecule has 0 saturated heterocycles. The van der Waals surface area contributed by atoms with Crippen LogP contribution in [0.1, 0.15) is 47.2 Å². The Morgan fingerprint density at radius 3 is 1.79 bits per heavy atom. The first-order valence-electron chi connectivity index (χ1n) is 21.2. The lowest BCUT2D eigenvalue weighted by atomic mass is 9.55. The lowest BCUT2D eigenvalue weighted by Crippen LogP contribution is -2.40. The molecule has 0 saturated carbocycles. The zero-order valence-electron chi connectivity index (χ0n) is 33.8. The van der Waals surface area contributed by atoms with Crippen molar-refractivity contribution in [3.63, 3.8) is 0 Å². The molecule has 0 fully saturated rings. The van der Waals surface area contributed by atoms with Gasteiger partial charge < -0.3 is 9.32 Å². The minimum Gasteiger partial charge on any atom is -0.456 e. The summed E-state index contributed by atoms with van der Waals surface area (Å²) in [6.45, 7) is 4.77. The number of para-hydroxylation sites is 1. The number of hydrogen-bond donors (Lipinski definition) is 0. The fourth-order valence-corrected chi connectivity index (χ4v) is 12.2. The molecule has 0 amide bonds. The molecule has 0 N–H and O–H groups in total. The van der Waals surface area contributed by atoms with E-state index in [1.165, 1.54) is 75.8 Å². The number of nitrogens with zero attached hydrogens (tertiary/aromatic N) is 1. The van der Waals surface area contributed by atoms with Gasteiger partial charge in [-0.3, -0.25) is 0 Å². The average molecular weight is 798 g/mol. The van der Waals surface area contributed by atoms with Crippen molar-refractivity contribution in [1.82, 2.24) is 0 Å². The van der Waals surface area contributed by atoms with Gasteiger partial charge in [-0.1, -0.05) is 153 Å². The molecular weight excluding hydrogens is 759 g/mol. The molecule has 0 atom stereocenters. The highest BCUT2D eigenvalue weighted by Crippen LogP contribution is 2.62. The van der Waals surface area contributed by atoms with Crippen molar-refractivity contribution in [3.8, 4) is 22.3 Å². The summed E-state index contributed by atoms with van der Waals surface area (Å²) in [5, 5.41) is 4.79. The van der Waals surface area contributed by atoms with Gasteiger partial charge in [0.25, 0.3) is 0 Å². The number of fused-ring (bicyclic) bond motifs is 15. The summed E-state index contributed by atoms with van der Waals surface area (Å²) in [6, 6.07) is 74.2. The van der Waals surface area contributed by atoms with Gasteiger partial charge in [-0.25, -0.2) is 0 Å².